The minimum absolute atomic E-state index is 0.647. The highest BCUT2D eigenvalue weighted by atomic mass is 14.8. The highest BCUT2D eigenvalue weighted by Gasteiger charge is 1.98. The van der Waals surface area contributed by atoms with Gasteiger partial charge in [0.05, 0.1) is 22.1 Å². The van der Waals surface area contributed by atoms with E-state index in [1.165, 1.54) is 0 Å². The molecule has 0 saturated heterocycles. The van der Waals surface area contributed by atoms with Crippen molar-refractivity contribution in [3.05, 3.63) is 47.4 Å². The summed E-state index contributed by atoms with van der Waals surface area (Å²) in [5.41, 5.74) is 1.45. The lowest BCUT2D eigenvalue weighted by Crippen LogP contribution is -2.31. The summed E-state index contributed by atoms with van der Waals surface area (Å²) in [5.74, 6) is 0. The maximum Gasteiger partial charge on any atom is 0.0888 e. The van der Waals surface area contributed by atoms with E-state index in [-0.39, 0.29) is 0 Å². The number of aromatic nitrogens is 2. The van der Waals surface area contributed by atoms with Crippen molar-refractivity contribution < 1.29 is 0 Å². The molecular weight excluding hydrogens is 184 g/mol. The summed E-state index contributed by atoms with van der Waals surface area (Å²) < 4.78 is 0. The predicted octanol–water partition coefficient (Wildman–Crippen LogP) is 1.53. The fourth-order valence-corrected chi connectivity index (χ4v) is 1.13. The fraction of sp³-hybridized carbons (Fsp3) is 0.0769. The molecule has 1 rings (SSSR count). The molecule has 0 radical (unpaired) electrons. The van der Waals surface area contributed by atoms with Crippen molar-refractivity contribution in [3.63, 3.8) is 0 Å². The van der Waals surface area contributed by atoms with Crippen LogP contribution in [0.1, 0.15) is 18.3 Å². The summed E-state index contributed by atoms with van der Waals surface area (Å²) in [6.07, 6.45) is 9.01. The highest BCUT2D eigenvalue weighted by molar-refractivity contribution is 5.57. The zero-order valence-electron chi connectivity index (χ0n) is 8.90. The lowest BCUT2D eigenvalue weighted by atomic mass is 10.3. The largest absolute Gasteiger partial charge is 0.245 e. The third-order valence-corrected chi connectivity index (χ3v) is 1.89. The number of hydrogen-bond acceptors (Lipinski definition) is 2. The Bertz CT molecular complexity index is 510. The molecule has 0 aromatic carbocycles. The van der Waals surface area contributed by atoms with Crippen molar-refractivity contribution in [1.29, 1.82) is 0 Å². The van der Waals surface area contributed by atoms with Crippen molar-refractivity contribution in [2.75, 3.05) is 0 Å². The van der Waals surface area contributed by atoms with Gasteiger partial charge in [0.1, 0.15) is 0 Å². The minimum atomic E-state index is 0.647. The van der Waals surface area contributed by atoms with Crippen LogP contribution in [0, 0.1) is 0 Å². The van der Waals surface area contributed by atoms with E-state index >= 15 is 0 Å². The SMILES string of the molecule is C=Cc1nc(=C)/c(=C\C=C/C)nc1C=C. The quantitative estimate of drug-likeness (QED) is 0.736. The third kappa shape index (κ3) is 2.50. The van der Waals surface area contributed by atoms with E-state index in [1.54, 1.807) is 12.2 Å². The van der Waals surface area contributed by atoms with Crippen LogP contribution >= 0.6 is 0 Å². The van der Waals surface area contributed by atoms with E-state index in [9.17, 15) is 0 Å². The molecule has 0 fully saturated rings. The van der Waals surface area contributed by atoms with Crippen molar-refractivity contribution in [3.8, 4) is 0 Å². The normalized spacial score (nSPS) is 11.9. The van der Waals surface area contributed by atoms with Crippen molar-refractivity contribution in [2.24, 2.45) is 0 Å². The first-order valence-electron chi connectivity index (χ1n) is 4.67. The minimum Gasteiger partial charge on any atom is -0.245 e. The van der Waals surface area contributed by atoms with E-state index in [4.69, 9.17) is 0 Å². The lowest BCUT2D eigenvalue weighted by molar-refractivity contribution is 1.07. The Morgan fingerprint density at radius 2 is 1.67 bits per heavy atom. The molecule has 76 valence electrons. The Labute approximate surface area is 89.7 Å². The summed E-state index contributed by atoms with van der Waals surface area (Å²) in [5, 5.41) is 1.40. The van der Waals surface area contributed by atoms with Gasteiger partial charge in [0.15, 0.2) is 0 Å². The molecule has 15 heavy (non-hydrogen) atoms. The monoisotopic (exact) mass is 198 g/mol. The van der Waals surface area contributed by atoms with Gasteiger partial charge < -0.3 is 0 Å². The van der Waals surface area contributed by atoms with Gasteiger partial charge in [-0.2, -0.15) is 0 Å². The summed E-state index contributed by atoms with van der Waals surface area (Å²) in [4.78, 5) is 8.67. The van der Waals surface area contributed by atoms with Gasteiger partial charge in [0.2, 0.25) is 0 Å². The highest BCUT2D eigenvalue weighted by Crippen LogP contribution is 2.00. The molecule has 0 unspecified atom stereocenters. The van der Waals surface area contributed by atoms with Crippen LogP contribution < -0.4 is 10.7 Å². The summed E-state index contributed by atoms with van der Waals surface area (Å²) in [6, 6.07) is 0. The molecule has 2 heteroatoms. The Morgan fingerprint density at radius 3 is 2.20 bits per heavy atom. The molecule has 1 aromatic heterocycles. The molecule has 0 spiro atoms. The van der Waals surface area contributed by atoms with Crippen LogP contribution in [0.3, 0.4) is 0 Å². The summed E-state index contributed by atoms with van der Waals surface area (Å²) >= 11 is 0. The average Bonchev–Trinajstić information content (AvgIpc) is 2.27. The average molecular weight is 198 g/mol. The molecule has 0 aliphatic heterocycles. The summed E-state index contributed by atoms with van der Waals surface area (Å²) in [6.45, 7) is 13.1. The molecule has 0 atom stereocenters. The van der Waals surface area contributed by atoms with Crippen LogP contribution in [-0.2, 0) is 0 Å². The predicted molar refractivity (Wildman–Crippen MR) is 66.3 cm³/mol. The van der Waals surface area contributed by atoms with Gasteiger partial charge in [0.25, 0.3) is 0 Å². The van der Waals surface area contributed by atoms with Crippen LogP contribution in [-0.4, -0.2) is 9.97 Å². The molecule has 0 amide bonds. The number of nitrogens with zero attached hydrogens (tertiary/aromatic N) is 2. The fourth-order valence-electron chi connectivity index (χ4n) is 1.13. The first-order valence-corrected chi connectivity index (χ1v) is 4.67. The first kappa shape index (κ1) is 11.1. The molecule has 2 nitrogen and oxygen atoms in total. The molecule has 1 heterocycles. The molecule has 0 aliphatic rings. The number of rotatable bonds is 3. The van der Waals surface area contributed by atoms with Crippen LogP contribution in [0.25, 0.3) is 24.8 Å². The third-order valence-electron chi connectivity index (χ3n) is 1.89. The zero-order chi connectivity index (χ0) is 11.3. The van der Waals surface area contributed by atoms with Gasteiger partial charge in [-0.05, 0) is 25.2 Å². The maximum absolute atomic E-state index is 4.38. The van der Waals surface area contributed by atoms with E-state index in [2.05, 4.69) is 29.7 Å². The van der Waals surface area contributed by atoms with E-state index in [1.807, 2.05) is 25.2 Å². The smallest absolute Gasteiger partial charge is 0.0888 e. The van der Waals surface area contributed by atoms with Gasteiger partial charge in [-0.3, -0.25) is 0 Å². The molecule has 0 bridgehead atoms. The Balaban J connectivity index is 3.52. The van der Waals surface area contributed by atoms with Gasteiger partial charge in [-0.1, -0.05) is 31.9 Å². The summed E-state index contributed by atoms with van der Waals surface area (Å²) in [7, 11) is 0. The van der Waals surface area contributed by atoms with E-state index in [0.29, 0.717) is 11.0 Å². The molecule has 0 aliphatic carbocycles. The number of hydrogen-bond donors (Lipinski definition) is 0. The Kier molecular flexibility index (Phi) is 3.75. The van der Waals surface area contributed by atoms with Crippen LogP contribution in [0.2, 0.25) is 0 Å². The lowest BCUT2D eigenvalue weighted by Gasteiger charge is -1.98. The van der Waals surface area contributed by atoms with E-state index < -0.39 is 0 Å². The second-order valence-electron chi connectivity index (χ2n) is 2.93. The second kappa shape index (κ2) is 5.05. The standard InChI is InChI=1S/C13H14N2/c1-5-8-9-13-10(4)14-11(6-2)12(7-3)15-13/h5-9H,2-4H2,1H3/b8-5-,13-9+. The molecular formula is C13H14N2. The van der Waals surface area contributed by atoms with Crippen molar-refractivity contribution in [2.45, 2.75) is 6.92 Å². The topological polar surface area (TPSA) is 25.8 Å². The molecule has 0 saturated carbocycles. The first-order chi connectivity index (χ1) is 7.22. The van der Waals surface area contributed by atoms with Crippen LogP contribution in [0.5, 0.6) is 0 Å². The van der Waals surface area contributed by atoms with Crippen molar-refractivity contribution in [1.82, 2.24) is 9.97 Å². The molecule has 1 aromatic rings. The van der Waals surface area contributed by atoms with Gasteiger partial charge >= 0.3 is 0 Å². The maximum atomic E-state index is 4.38. The van der Waals surface area contributed by atoms with Gasteiger partial charge in [-0.25, -0.2) is 9.97 Å². The molecule has 0 N–H and O–H groups in total. The van der Waals surface area contributed by atoms with Crippen molar-refractivity contribution >= 4 is 24.8 Å². The van der Waals surface area contributed by atoms with Crippen LogP contribution in [0.4, 0.5) is 0 Å². The van der Waals surface area contributed by atoms with Gasteiger partial charge in [-0.15, -0.1) is 0 Å². The Hall–Kier alpha value is -1.96. The Morgan fingerprint density at radius 1 is 1.07 bits per heavy atom. The van der Waals surface area contributed by atoms with Crippen LogP contribution in [0.15, 0.2) is 25.3 Å². The zero-order valence-corrected chi connectivity index (χ0v) is 8.90. The van der Waals surface area contributed by atoms with E-state index in [0.717, 1.165) is 11.0 Å². The number of allylic oxidation sites excluding steroid dienone is 2. The van der Waals surface area contributed by atoms with Gasteiger partial charge in [0, 0.05) is 0 Å². The second-order valence-corrected chi connectivity index (χ2v) is 2.93.